The van der Waals surface area contributed by atoms with Gasteiger partial charge >= 0.3 is 0 Å². The molecule has 4 rings (SSSR count). The summed E-state index contributed by atoms with van der Waals surface area (Å²) in [5.74, 6) is 1.74. The first-order valence-electron chi connectivity index (χ1n) is 10.2. The van der Waals surface area contributed by atoms with E-state index in [1.54, 1.807) is 0 Å². The Morgan fingerprint density at radius 1 is 1.11 bits per heavy atom. The molecule has 148 valence electrons. The number of fused-ring (bicyclic) bond motifs is 1. The second-order valence-electron chi connectivity index (χ2n) is 7.83. The van der Waals surface area contributed by atoms with Crippen LogP contribution in [0.2, 0.25) is 0 Å². The van der Waals surface area contributed by atoms with Crippen molar-refractivity contribution in [1.29, 1.82) is 0 Å². The zero-order valence-corrected chi connectivity index (χ0v) is 16.7. The standard InChI is InChI=1S/C23H28N2O3/c1-16-6-3-7-19(17(16)2)24-23(26)15-25-11-4-8-20(25)18-9-10-21-22(14-18)28-13-5-12-27-21/h3,6-7,9-10,14,20H,4-5,8,11-13,15H2,1-2H3,(H,24,26)/p+1/t20-/m1/s1. The molecule has 5 nitrogen and oxygen atoms in total. The van der Waals surface area contributed by atoms with Gasteiger partial charge in [-0.25, -0.2) is 0 Å². The lowest BCUT2D eigenvalue weighted by Gasteiger charge is -2.22. The lowest BCUT2D eigenvalue weighted by molar-refractivity contribution is -0.910. The van der Waals surface area contributed by atoms with E-state index >= 15 is 0 Å². The summed E-state index contributed by atoms with van der Waals surface area (Å²) >= 11 is 0. The molecule has 2 N–H and O–H groups in total. The number of nitrogens with one attached hydrogen (secondary N) is 2. The number of rotatable bonds is 4. The third-order valence-electron chi connectivity index (χ3n) is 5.92. The molecule has 0 bridgehead atoms. The van der Waals surface area contributed by atoms with Crippen LogP contribution < -0.4 is 19.7 Å². The number of anilines is 1. The van der Waals surface area contributed by atoms with Crippen LogP contribution in [0, 0.1) is 13.8 Å². The maximum Gasteiger partial charge on any atom is 0.279 e. The average Bonchev–Trinajstić information content (AvgIpc) is 3.00. The average molecular weight is 381 g/mol. The van der Waals surface area contributed by atoms with E-state index < -0.39 is 0 Å². The summed E-state index contributed by atoms with van der Waals surface area (Å²) in [6, 6.07) is 12.6. The van der Waals surface area contributed by atoms with Crippen molar-refractivity contribution in [3.63, 3.8) is 0 Å². The highest BCUT2D eigenvalue weighted by Gasteiger charge is 2.32. The molecule has 1 fully saturated rings. The van der Waals surface area contributed by atoms with Gasteiger partial charge in [0.15, 0.2) is 18.0 Å². The molecule has 2 atom stereocenters. The smallest absolute Gasteiger partial charge is 0.279 e. The number of hydrogen-bond acceptors (Lipinski definition) is 3. The van der Waals surface area contributed by atoms with E-state index in [4.69, 9.17) is 9.47 Å². The Kier molecular flexibility index (Phi) is 5.53. The monoisotopic (exact) mass is 381 g/mol. The SMILES string of the molecule is Cc1cccc(NC(=O)C[NH+]2CCC[C@@H]2c2ccc3c(c2)OCCCO3)c1C. The summed E-state index contributed by atoms with van der Waals surface area (Å²) < 4.78 is 11.6. The molecule has 0 spiro atoms. The van der Waals surface area contributed by atoms with Crippen LogP contribution in [-0.4, -0.2) is 32.2 Å². The van der Waals surface area contributed by atoms with Crippen LogP contribution >= 0.6 is 0 Å². The number of ether oxygens (including phenoxy) is 2. The molecular formula is C23H29N2O3+. The highest BCUT2D eigenvalue weighted by Crippen LogP contribution is 2.33. The first-order valence-corrected chi connectivity index (χ1v) is 10.2. The van der Waals surface area contributed by atoms with Crippen LogP contribution in [0.15, 0.2) is 36.4 Å². The summed E-state index contributed by atoms with van der Waals surface area (Å²) in [7, 11) is 0. The summed E-state index contributed by atoms with van der Waals surface area (Å²) in [5, 5.41) is 3.10. The molecule has 2 aliphatic heterocycles. The van der Waals surface area contributed by atoms with Gasteiger partial charge in [0.2, 0.25) is 0 Å². The topological polar surface area (TPSA) is 52.0 Å². The van der Waals surface area contributed by atoms with Crippen LogP contribution in [-0.2, 0) is 4.79 Å². The van der Waals surface area contributed by atoms with Crippen LogP contribution in [0.3, 0.4) is 0 Å². The minimum Gasteiger partial charge on any atom is -0.490 e. The van der Waals surface area contributed by atoms with E-state index in [1.807, 2.05) is 25.1 Å². The Balaban J connectivity index is 1.46. The van der Waals surface area contributed by atoms with E-state index in [-0.39, 0.29) is 5.91 Å². The molecule has 2 aromatic carbocycles. The molecule has 5 heteroatoms. The molecule has 0 saturated carbocycles. The summed E-state index contributed by atoms with van der Waals surface area (Å²) in [6.07, 6.45) is 3.13. The first-order chi connectivity index (χ1) is 13.6. The van der Waals surface area contributed by atoms with Gasteiger partial charge in [-0.15, -0.1) is 0 Å². The zero-order valence-electron chi connectivity index (χ0n) is 16.7. The molecule has 2 aromatic rings. The van der Waals surface area contributed by atoms with E-state index in [2.05, 4.69) is 30.4 Å². The lowest BCUT2D eigenvalue weighted by atomic mass is 10.0. The van der Waals surface area contributed by atoms with Gasteiger partial charge in [0.25, 0.3) is 5.91 Å². The second kappa shape index (κ2) is 8.23. The minimum absolute atomic E-state index is 0.0740. The number of amides is 1. The van der Waals surface area contributed by atoms with Crippen molar-refractivity contribution in [1.82, 2.24) is 0 Å². The Bertz CT molecular complexity index is 865. The third-order valence-corrected chi connectivity index (χ3v) is 5.92. The Morgan fingerprint density at radius 2 is 1.93 bits per heavy atom. The van der Waals surface area contributed by atoms with Gasteiger partial charge in [-0.05, 0) is 49.2 Å². The van der Waals surface area contributed by atoms with Crippen LogP contribution in [0.25, 0.3) is 0 Å². The highest BCUT2D eigenvalue weighted by atomic mass is 16.5. The van der Waals surface area contributed by atoms with Gasteiger partial charge in [0.05, 0.1) is 19.8 Å². The second-order valence-corrected chi connectivity index (χ2v) is 7.83. The maximum absolute atomic E-state index is 12.7. The van der Waals surface area contributed by atoms with Crippen LogP contribution in [0.1, 0.15) is 42.0 Å². The predicted octanol–water partition coefficient (Wildman–Crippen LogP) is 2.82. The number of hydrogen-bond donors (Lipinski definition) is 2. The zero-order chi connectivity index (χ0) is 19.5. The van der Waals surface area contributed by atoms with Crippen molar-refractivity contribution >= 4 is 11.6 Å². The number of benzene rings is 2. The van der Waals surface area contributed by atoms with Crippen molar-refractivity contribution in [2.24, 2.45) is 0 Å². The molecule has 1 unspecified atom stereocenters. The van der Waals surface area contributed by atoms with Gasteiger partial charge in [-0.1, -0.05) is 12.1 Å². The number of aryl methyl sites for hydroxylation is 1. The summed E-state index contributed by atoms with van der Waals surface area (Å²) in [6.45, 7) is 7.00. The highest BCUT2D eigenvalue weighted by molar-refractivity contribution is 5.92. The molecule has 2 heterocycles. The van der Waals surface area contributed by atoms with Gasteiger partial charge in [-0.2, -0.15) is 0 Å². The molecule has 0 aliphatic carbocycles. The van der Waals surface area contributed by atoms with E-state index in [1.165, 1.54) is 16.0 Å². The van der Waals surface area contributed by atoms with Crippen molar-refractivity contribution in [2.45, 2.75) is 39.2 Å². The van der Waals surface area contributed by atoms with Gasteiger partial charge in [0, 0.05) is 30.5 Å². The fourth-order valence-electron chi connectivity index (χ4n) is 4.21. The summed E-state index contributed by atoms with van der Waals surface area (Å²) in [4.78, 5) is 14.0. The Labute approximate surface area is 166 Å². The molecule has 1 amide bonds. The van der Waals surface area contributed by atoms with Crippen LogP contribution in [0.5, 0.6) is 11.5 Å². The van der Waals surface area contributed by atoms with E-state index in [0.29, 0.717) is 25.8 Å². The predicted molar refractivity (Wildman–Crippen MR) is 109 cm³/mol. The number of carbonyl (C=O) groups is 1. The largest absolute Gasteiger partial charge is 0.490 e. The number of quaternary nitrogens is 1. The van der Waals surface area contributed by atoms with Gasteiger partial charge in [-0.3, -0.25) is 4.79 Å². The number of likely N-dealkylation sites (tertiary alicyclic amines) is 1. The molecule has 28 heavy (non-hydrogen) atoms. The fourth-order valence-corrected chi connectivity index (χ4v) is 4.21. The van der Waals surface area contributed by atoms with Gasteiger partial charge in [0.1, 0.15) is 6.04 Å². The lowest BCUT2D eigenvalue weighted by Crippen LogP contribution is -3.11. The van der Waals surface area contributed by atoms with Crippen molar-refractivity contribution in [3.05, 3.63) is 53.1 Å². The molecule has 0 aromatic heterocycles. The molecular weight excluding hydrogens is 352 g/mol. The van der Waals surface area contributed by atoms with E-state index in [0.717, 1.165) is 48.6 Å². The molecule has 0 radical (unpaired) electrons. The van der Waals surface area contributed by atoms with Crippen molar-refractivity contribution < 1.29 is 19.2 Å². The number of carbonyl (C=O) groups excluding carboxylic acids is 1. The minimum atomic E-state index is 0.0740. The Hall–Kier alpha value is -2.53. The van der Waals surface area contributed by atoms with Crippen molar-refractivity contribution in [3.8, 4) is 11.5 Å². The maximum atomic E-state index is 12.7. The van der Waals surface area contributed by atoms with Crippen molar-refractivity contribution in [2.75, 3.05) is 31.6 Å². The Morgan fingerprint density at radius 3 is 2.79 bits per heavy atom. The molecule has 2 aliphatic rings. The summed E-state index contributed by atoms with van der Waals surface area (Å²) in [5.41, 5.74) is 4.47. The van der Waals surface area contributed by atoms with E-state index in [9.17, 15) is 4.79 Å². The van der Waals surface area contributed by atoms with Gasteiger partial charge < -0.3 is 19.7 Å². The first kappa shape index (κ1) is 18.8. The van der Waals surface area contributed by atoms with Crippen LogP contribution in [0.4, 0.5) is 5.69 Å². The third kappa shape index (κ3) is 3.99. The fraction of sp³-hybridized carbons (Fsp3) is 0.435. The molecule has 1 saturated heterocycles. The quantitative estimate of drug-likeness (QED) is 0.856. The normalized spacial score (nSPS) is 21.2.